The first-order valence-corrected chi connectivity index (χ1v) is 9.58. The SMILES string of the molecule is Cc1ccc(C(=O)C=Cc2ccc3c(c2)OCCO3)c(OCc2ccccc2)c1. The second kappa shape index (κ2) is 8.65. The summed E-state index contributed by atoms with van der Waals surface area (Å²) in [5.41, 5.74) is 3.52. The summed E-state index contributed by atoms with van der Waals surface area (Å²) in [5.74, 6) is 1.91. The van der Waals surface area contributed by atoms with E-state index in [1.54, 1.807) is 12.2 Å². The van der Waals surface area contributed by atoms with E-state index in [4.69, 9.17) is 14.2 Å². The number of fused-ring (bicyclic) bond motifs is 1. The van der Waals surface area contributed by atoms with E-state index in [1.807, 2.05) is 73.7 Å². The van der Waals surface area contributed by atoms with Crippen LogP contribution in [-0.4, -0.2) is 19.0 Å². The number of carbonyl (C=O) groups excluding carboxylic acids is 1. The first kappa shape index (κ1) is 18.8. The van der Waals surface area contributed by atoms with Crippen molar-refractivity contribution in [1.29, 1.82) is 0 Å². The third-order valence-corrected chi connectivity index (χ3v) is 4.63. The molecule has 29 heavy (non-hydrogen) atoms. The summed E-state index contributed by atoms with van der Waals surface area (Å²) in [6, 6.07) is 21.2. The smallest absolute Gasteiger partial charge is 0.189 e. The molecule has 1 aliphatic heterocycles. The molecule has 0 saturated carbocycles. The van der Waals surface area contributed by atoms with Crippen molar-refractivity contribution in [2.45, 2.75) is 13.5 Å². The van der Waals surface area contributed by atoms with Crippen LogP contribution < -0.4 is 14.2 Å². The van der Waals surface area contributed by atoms with Gasteiger partial charge in [-0.2, -0.15) is 0 Å². The molecule has 0 spiro atoms. The van der Waals surface area contributed by atoms with Gasteiger partial charge in [0.15, 0.2) is 17.3 Å². The molecule has 4 nitrogen and oxygen atoms in total. The first-order valence-electron chi connectivity index (χ1n) is 9.58. The molecule has 4 heteroatoms. The highest BCUT2D eigenvalue weighted by Crippen LogP contribution is 2.31. The molecule has 146 valence electrons. The molecule has 3 aromatic carbocycles. The Labute approximate surface area is 170 Å². The Hall–Kier alpha value is -3.53. The van der Waals surface area contributed by atoms with Crippen LogP contribution in [-0.2, 0) is 6.61 Å². The van der Waals surface area contributed by atoms with Crippen LogP contribution in [0.3, 0.4) is 0 Å². The molecular weight excluding hydrogens is 364 g/mol. The van der Waals surface area contributed by atoms with E-state index in [-0.39, 0.29) is 5.78 Å². The highest BCUT2D eigenvalue weighted by molar-refractivity contribution is 6.08. The molecule has 0 atom stereocenters. The van der Waals surface area contributed by atoms with E-state index in [9.17, 15) is 4.79 Å². The topological polar surface area (TPSA) is 44.8 Å². The van der Waals surface area contributed by atoms with E-state index < -0.39 is 0 Å². The zero-order valence-corrected chi connectivity index (χ0v) is 16.3. The van der Waals surface area contributed by atoms with Gasteiger partial charge < -0.3 is 14.2 Å². The Kier molecular flexibility index (Phi) is 5.61. The molecule has 4 rings (SSSR count). The van der Waals surface area contributed by atoms with Crippen molar-refractivity contribution in [3.05, 3.63) is 95.1 Å². The molecule has 0 fully saturated rings. The summed E-state index contributed by atoms with van der Waals surface area (Å²) < 4.78 is 17.1. The quantitative estimate of drug-likeness (QED) is 0.429. The summed E-state index contributed by atoms with van der Waals surface area (Å²) in [5, 5.41) is 0. The van der Waals surface area contributed by atoms with Gasteiger partial charge in [-0.05, 0) is 54.0 Å². The fourth-order valence-electron chi connectivity index (χ4n) is 3.11. The van der Waals surface area contributed by atoms with E-state index in [1.165, 1.54) is 0 Å². The van der Waals surface area contributed by atoms with Gasteiger partial charge in [0.1, 0.15) is 25.6 Å². The number of aryl methyl sites for hydroxylation is 1. The minimum atomic E-state index is -0.108. The number of ketones is 1. The summed E-state index contributed by atoms with van der Waals surface area (Å²) in [6.45, 7) is 3.48. The molecule has 0 radical (unpaired) electrons. The number of carbonyl (C=O) groups is 1. The molecular formula is C25H22O4. The molecule has 0 saturated heterocycles. The van der Waals surface area contributed by atoms with E-state index in [0.717, 1.165) is 22.4 Å². The maximum atomic E-state index is 12.8. The summed E-state index contributed by atoms with van der Waals surface area (Å²) in [7, 11) is 0. The van der Waals surface area contributed by atoms with Gasteiger partial charge >= 0.3 is 0 Å². The third-order valence-electron chi connectivity index (χ3n) is 4.63. The van der Waals surface area contributed by atoms with E-state index in [2.05, 4.69) is 0 Å². The van der Waals surface area contributed by atoms with Crippen LogP contribution in [0.15, 0.2) is 72.8 Å². The van der Waals surface area contributed by atoms with Gasteiger partial charge in [0.2, 0.25) is 0 Å². The van der Waals surface area contributed by atoms with E-state index in [0.29, 0.717) is 36.9 Å². The lowest BCUT2D eigenvalue weighted by Crippen LogP contribution is -2.15. The van der Waals surface area contributed by atoms with Crippen LogP contribution in [0.1, 0.15) is 27.0 Å². The van der Waals surface area contributed by atoms with Crippen LogP contribution in [0.25, 0.3) is 6.08 Å². The predicted molar refractivity (Wildman–Crippen MR) is 113 cm³/mol. The van der Waals surface area contributed by atoms with Crippen molar-refractivity contribution < 1.29 is 19.0 Å². The minimum Gasteiger partial charge on any atom is -0.488 e. The van der Waals surface area contributed by atoms with Crippen molar-refractivity contribution in [2.75, 3.05) is 13.2 Å². The highest BCUT2D eigenvalue weighted by Gasteiger charge is 2.13. The zero-order chi connectivity index (χ0) is 20.1. The number of hydrogen-bond donors (Lipinski definition) is 0. The summed E-state index contributed by atoms with van der Waals surface area (Å²) in [4.78, 5) is 12.8. The molecule has 0 aromatic heterocycles. The largest absolute Gasteiger partial charge is 0.488 e. The van der Waals surface area contributed by atoms with E-state index >= 15 is 0 Å². The van der Waals surface area contributed by atoms with Gasteiger partial charge in [-0.15, -0.1) is 0 Å². The summed E-state index contributed by atoms with van der Waals surface area (Å²) >= 11 is 0. The molecule has 3 aromatic rings. The van der Waals surface area contributed by atoms with Gasteiger partial charge in [0.05, 0.1) is 5.56 Å². The Morgan fingerprint density at radius 3 is 2.59 bits per heavy atom. The fraction of sp³-hybridized carbons (Fsp3) is 0.160. The average molecular weight is 386 g/mol. The standard InChI is InChI=1S/C25H22O4/c1-18-7-10-21(24(15-18)29-17-20-5-3-2-4-6-20)22(26)11-8-19-9-12-23-25(16-19)28-14-13-27-23/h2-12,15-16H,13-14,17H2,1H3. The van der Waals surface area contributed by atoms with Gasteiger partial charge in [-0.25, -0.2) is 0 Å². The Morgan fingerprint density at radius 2 is 1.76 bits per heavy atom. The van der Waals surface area contributed by atoms with Crippen molar-refractivity contribution in [3.63, 3.8) is 0 Å². The van der Waals surface area contributed by atoms with Gasteiger partial charge in [-0.1, -0.05) is 48.5 Å². The van der Waals surface area contributed by atoms with Crippen LogP contribution in [0.4, 0.5) is 0 Å². The van der Waals surface area contributed by atoms with Crippen LogP contribution in [0.5, 0.6) is 17.2 Å². The molecule has 1 aliphatic rings. The Bertz CT molecular complexity index is 1040. The number of benzene rings is 3. The van der Waals surface area contributed by atoms with Gasteiger partial charge in [0.25, 0.3) is 0 Å². The molecule has 1 heterocycles. The molecule has 0 aliphatic carbocycles. The average Bonchev–Trinajstić information content (AvgIpc) is 2.76. The number of hydrogen-bond acceptors (Lipinski definition) is 4. The third kappa shape index (κ3) is 4.66. The van der Waals surface area contributed by atoms with Crippen LogP contribution in [0, 0.1) is 6.92 Å². The fourth-order valence-corrected chi connectivity index (χ4v) is 3.11. The van der Waals surface area contributed by atoms with Crippen molar-refractivity contribution in [2.24, 2.45) is 0 Å². The zero-order valence-electron chi connectivity index (χ0n) is 16.3. The lowest BCUT2D eigenvalue weighted by atomic mass is 10.1. The Morgan fingerprint density at radius 1 is 0.966 bits per heavy atom. The number of rotatable bonds is 6. The van der Waals surface area contributed by atoms with Crippen LogP contribution >= 0.6 is 0 Å². The Balaban J connectivity index is 1.51. The summed E-state index contributed by atoms with van der Waals surface area (Å²) in [6.07, 6.45) is 3.34. The second-order valence-corrected chi connectivity index (χ2v) is 6.87. The second-order valence-electron chi connectivity index (χ2n) is 6.87. The maximum absolute atomic E-state index is 12.8. The number of allylic oxidation sites excluding steroid dienone is 1. The lowest BCUT2D eigenvalue weighted by molar-refractivity contribution is 0.104. The van der Waals surface area contributed by atoms with Gasteiger partial charge in [0, 0.05) is 0 Å². The molecule has 0 unspecified atom stereocenters. The molecule has 0 bridgehead atoms. The number of ether oxygens (including phenoxy) is 3. The van der Waals surface area contributed by atoms with Crippen LogP contribution in [0.2, 0.25) is 0 Å². The lowest BCUT2D eigenvalue weighted by Gasteiger charge is -2.18. The molecule has 0 N–H and O–H groups in total. The minimum absolute atomic E-state index is 0.108. The molecule has 0 amide bonds. The van der Waals surface area contributed by atoms with Crippen molar-refractivity contribution >= 4 is 11.9 Å². The normalized spacial score (nSPS) is 12.7. The maximum Gasteiger partial charge on any atom is 0.189 e. The highest BCUT2D eigenvalue weighted by atomic mass is 16.6. The predicted octanol–water partition coefficient (Wildman–Crippen LogP) is 5.24. The first-order chi connectivity index (χ1) is 14.2. The van der Waals surface area contributed by atoms with Crippen molar-refractivity contribution in [3.8, 4) is 17.2 Å². The van der Waals surface area contributed by atoms with Crippen molar-refractivity contribution in [1.82, 2.24) is 0 Å². The monoisotopic (exact) mass is 386 g/mol. The van der Waals surface area contributed by atoms with Gasteiger partial charge in [-0.3, -0.25) is 4.79 Å².